The first-order chi connectivity index (χ1) is 15.7. The lowest BCUT2D eigenvalue weighted by Gasteiger charge is -2.26. The maximum atomic E-state index is 13.1. The van der Waals surface area contributed by atoms with Gasteiger partial charge in [-0.05, 0) is 62.4 Å². The fourth-order valence-corrected chi connectivity index (χ4v) is 3.64. The van der Waals surface area contributed by atoms with Gasteiger partial charge in [-0.3, -0.25) is 14.4 Å². The van der Waals surface area contributed by atoms with E-state index in [0.717, 1.165) is 11.3 Å². The first-order valence-corrected chi connectivity index (χ1v) is 11.0. The molecule has 0 unspecified atom stereocenters. The zero-order valence-electron chi connectivity index (χ0n) is 18.0. The van der Waals surface area contributed by atoms with Gasteiger partial charge in [0.15, 0.2) is 5.13 Å². The van der Waals surface area contributed by atoms with E-state index in [0.29, 0.717) is 16.5 Å². The quantitative estimate of drug-likeness (QED) is 0.517. The Morgan fingerprint density at radius 3 is 2.15 bits per heavy atom. The summed E-state index contributed by atoms with van der Waals surface area (Å²) in [6.07, 6.45) is -0.0229. The highest BCUT2D eigenvalue weighted by molar-refractivity contribution is 7.13. The van der Waals surface area contributed by atoms with E-state index in [1.54, 1.807) is 19.2 Å². The number of halogens is 2. The summed E-state index contributed by atoms with van der Waals surface area (Å²) in [4.78, 5) is 43.0. The Kier molecular flexibility index (Phi) is 7.83. The van der Waals surface area contributed by atoms with Crippen molar-refractivity contribution in [2.24, 2.45) is 0 Å². The van der Waals surface area contributed by atoms with Crippen LogP contribution in [0.2, 0.25) is 0 Å². The Hall–Kier alpha value is -3.66. The predicted molar refractivity (Wildman–Crippen MR) is 122 cm³/mol. The van der Waals surface area contributed by atoms with Gasteiger partial charge in [0.1, 0.15) is 18.2 Å². The third-order valence-electron chi connectivity index (χ3n) is 4.56. The van der Waals surface area contributed by atoms with Gasteiger partial charge in [0.25, 0.3) is 5.91 Å². The summed E-state index contributed by atoms with van der Waals surface area (Å²) < 4.78 is 26.1. The minimum atomic E-state index is -0.452. The molecule has 0 fully saturated rings. The highest BCUT2D eigenvalue weighted by Crippen LogP contribution is 2.17. The first kappa shape index (κ1) is 24.0. The molecule has 0 aliphatic carbocycles. The Bertz CT molecular complexity index is 1130. The summed E-state index contributed by atoms with van der Waals surface area (Å²) in [6, 6.07) is 10.2. The molecule has 3 rings (SSSR count). The number of benzene rings is 2. The number of hydrogen-bond donors (Lipinski definition) is 2. The van der Waals surface area contributed by atoms with Crippen LogP contribution in [0.5, 0.6) is 0 Å². The van der Waals surface area contributed by atoms with E-state index in [9.17, 15) is 23.2 Å². The van der Waals surface area contributed by atoms with Crippen LogP contribution in [0.3, 0.4) is 0 Å². The van der Waals surface area contributed by atoms with Crippen LogP contribution in [0.15, 0.2) is 53.9 Å². The topological polar surface area (TPSA) is 91.4 Å². The molecule has 0 bridgehead atoms. The van der Waals surface area contributed by atoms with Crippen LogP contribution in [-0.2, 0) is 16.0 Å². The van der Waals surface area contributed by atoms with E-state index < -0.39 is 23.4 Å². The van der Waals surface area contributed by atoms with Crippen molar-refractivity contribution in [3.8, 4) is 0 Å². The van der Waals surface area contributed by atoms with Crippen molar-refractivity contribution < 1.29 is 23.2 Å². The van der Waals surface area contributed by atoms with Gasteiger partial charge in [-0.15, -0.1) is 11.3 Å². The van der Waals surface area contributed by atoms with Gasteiger partial charge in [-0.1, -0.05) is 0 Å². The number of carbonyl (C=O) groups is 3. The second kappa shape index (κ2) is 10.8. The van der Waals surface area contributed by atoms with Gasteiger partial charge in [-0.2, -0.15) is 0 Å². The molecule has 172 valence electrons. The highest BCUT2D eigenvalue weighted by atomic mass is 32.1. The Labute approximate surface area is 193 Å². The zero-order valence-corrected chi connectivity index (χ0v) is 18.8. The predicted octanol–water partition coefficient (Wildman–Crippen LogP) is 4.09. The monoisotopic (exact) mass is 472 g/mol. The number of rotatable bonds is 8. The number of aromatic nitrogens is 1. The van der Waals surface area contributed by atoms with Gasteiger partial charge in [0.05, 0.1) is 12.1 Å². The van der Waals surface area contributed by atoms with E-state index in [1.165, 1.54) is 53.4 Å². The lowest BCUT2D eigenvalue weighted by Crippen LogP contribution is -2.42. The summed E-state index contributed by atoms with van der Waals surface area (Å²) in [7, 11) is 0. The van der Waals surface area contributed by atoms with Crippen LogP contribution in [0, 0.1) is 11.6 Å². The molecule has 3 aromatic rings. The third kappa shape index (κ3) is 6.91. The number of hydrogen-bond acceptors (Lipinski definition) is 5. The lowest BCUT2D eigenvalue weighted by atomic mass is 10.1. The molecule has 1 heterocycles. The lowest BCUT2D eigenvalue weighted by molar-refractivity contribution is -0.117. The molecule has 0 saturated heterocycles. The van der Waals surface area contributed by atoms with Crippen molar-refractivity contribution in [1.29, 1.82) is 0 Å². The van der Waals surface area contributed by atoms with Crippen LogP contribution < -0.4 is 10.6 Å². The number of amides is 3. The standard InChI is InChI=1S/C23H22F2N4O3S/c1-14(2)29(22(32)15-3-5-16(24)6-4-15)12-21(31)28-23-27-19(13-33-23)11-20(30)26-18-9-7-17(25)8-10-18/h3-10,13-14H,11-12H2,1-2H3,(H,26,30)(H,27,28,31). The minimum Gasteiger partial charge on any atom is -0.327 e. The largest absolute Gasteiger partial charge is 0.327 e. The molecule has 7 nitrogen and oxygen atoms in total. The molecule has 0 aliphatic rings. The molecule has 2 N–H and O–H groups in total. The summed E-state index contributed by atoms with van der Waals surface area (Å²) in [5, 5.41) is 7.21. The van der Waals surface area contributed by atoms with Crippen LogP contribution in [-0.4, -0.2) is 40.2 Å². The van der Waals surface area contributed by atoms with Crippen LogP contribution >= 0.6 is 11.3 Å². The average Bonchev–Trinajstić information content (AvgIpc) is 3.19. The summed E-state index contributed by atoms with van der Waals surface area (Å²) in [6.45, 7) is 3.33. The second-order valence-corrected chi connectivity index (χ2v) is 8.32. The van der Waals surface area contributed by atoms with E-state index in [-0.39, 0.29) is 30.5 Å². The molecule has 1 aromatic heterocycles. The number of carbonyl (C=O) groups excluding carboxylic acids is 3. The van der Waals surface area contributed by atoms with Crippen molar-refractivity contribution in [3.05, 3.63) is 76.8 Å². The molecule has 0 radical (unpaired) electrons. The smallest absolute Gasteiger partial charge is 0.254 e. The highest BCUT2D eigenvalue weighted by Gasteiger charge is 2.22. The van der Waals surface area contributed by atoms with Crippen molar-refractivity contribution >= 4 is 39.9 Å². The average molecular weight is 473 g/mol. The van der Waals surface area contributed by atoms with Crippen molar-refractivity contribution in [2.75, 3.05) is 17.2 Å². The van der Waals surface area contributed by atoms with Gasteiger partial charge in [-0.25, -0.2) is 13.8 Å². The van der Waals surface area contributed by atoms with E-state index in [1.807, 2.05) is 0 Å². The van der Waals surface area contributed by atoms with E-state index in [2.05, 4.69) is 15.6 Å². The molecule has 10 heteroatoms. The maximum Gasteiger partial charge on any atom is 0.254 e. The minimum absolute atomic E-state index is 0.0229. The molecule has 3 amide bonds. The molecule has 2 aromatic carbocycles. The number of nitrogens with one attached hydrogen (secondary N) is 2. The maximum absolute atomic E-state index is 13.1. The SMILES string of the molecule is CC(C)N(CC(=O)Nc1nc(CC(=O)Nc2ccc(F)cc2)cs1)C(=O)c1ccc(F)cc1. The summed E-state index contributed by atoms with van der Waals surface area (Å²) in [5.41, 5.74) is 1.20. The molecular weight excluding hydrogens is 450 g/mol. The van der Waals surface area contributed by atoms with Crippen LogP contribution in [0.4, 0.5) is 19.6 Å². The Balaban J connectivity index is 1.56. The molecule has 0 atom stereocenters. The molecule has 0 aliphatic heterocycles. The normalized spacial score (nSPS) is 10.7. The van der Waals surface area contributed by atoms with Crippen molar-refractivity contribution in [1.82, 2.24) is 9.88 Å². The fraction of sp³-hybridized carbons (Fsp3) is 0.217. The molecule has 33 heavy (non-hydrogen) atoms. The Morgan fingerprint density at radius 2 is 1.55 bits per heavy atom. The number of thiazole rings is 1. The molecular formula is C23H22F2N4O3S. The van der Waals surface area contributed by atoms with Gasteiger partial charge in [0, 0.05) is 22.7 Å². The second-order valence-electron chi connectivity index (χ2n) is 7.46. The zero-order chi connectivity index (χ0) is 24.0. The fourth-order valence-electron chi connectivity index (χ4n) is 2.91. The Morgan fingerprint density at radius 1 is 0.939 bits per heavy atom. The van der Waals surface area contributed by atoms with Crippen molar-refractivity contribution in [2.45, 2.75) is 26.3 Å². The number of anilines is 2. The molecule has 0 saturated carbocycles. The molecule has 0 spiro atoms. The van der Waals surface area contributed by atoms with Gasteiger partial charge in [0.2, 0.25) is 11.8 Å². The van der Waals surface area contributed by atoms with Crippen LogP contribution in [0.25, 0.3) is 0 Å². The first-order valence-electron chi connectivity index (χ1n) is 10.1. The van der Waals surface area contributed by atoms with E-state index >= 15 is 0 Å². The van der Waals surface area contributed by atoms with Crippen LogP contribution in [0.1, 0.15) is 29.9 Å². The summed E-state index contributed by atoms with van der Waals surface area (Å²) in [5.74, 6) is -2.02. The number of nitrogens with zero attached hydrogens (tertiary/aromatic N) is 2. The third-order valence-corrected chi connectivity index (χ3v) is 5.36. The summed E-state index contributed by atoms with van der Waals surface area (Å²) >= 11 is 1.15. The van der Waals surface area contributed by atoms with Gasteiger partial charge < -0.3 is 15.5 Å². The van der Waals surface area contributed by atoms with Gasteiger partial charge >= 0.3 is 0 Å². The van der Waals surface area contributed by atoms with Crippen molar-refractivity contribution in [3.63, 3.8) is 0 Å². The van der Waals surface area contributed by atoms with E-state index in [4.69, 9.17) is 0 Å².